The lowest BCUT2D eigenvalue weighted by atomic mass is 9.67. The number of hydrogen-bond acceptors (Lipinski definition) is 4. The zero-order valence-corrected chi connectivity index (χ0v) is 33.6. The number of pyridine rings is 2. The molecule has 290 valence electrons. The fourth-order valence-corrected chi connectivity index (χ4v) is 9.74. The lowest BCUT2D eigenvalue weighted by Crippen LogP contribution is -2.29. The van der Waals surface area contributed by atoms with Gasteiger partial charge in [-0.15, -0.1) is 0 Å². The second-order valence-electron chi connectivity index (χ2n) is 15.8. The first-order valence-electron chi connectivity index (χ1n) is 21.0. The summed E-state index contributed by atoms with van der Waals surface area (Å²) in [6, 6.07) is 75.2. The van der Waals surface area contributed by atoms with Crippen LogP contribution in [0.3, 0.4) is 0 Å². The van der Waals surface area contributed by atoms with E-state index in [9.17, 15) is 0 Å². The van der Waals surface area contributed by atoms with Gasteiger partial charge in [0.2, 0.25) is 0 Å². The van der Waals surface area contributed by atoms with E-state index in [2.05, 4.69) is 180 Å². The Morgan fingerprint density at radius 1 is 0.387 bits per heavy atom. The van der Waals surface area contributed by atoms with Crippen molar-refractivity contribution in [2.75, 3.05) is 0 Å². The number of aromatic nitrogens is 5. The molecule has 11 aromatic rings. The number of hydrogen-bond donors (Lipinski definition) is 0. The van der Waals surface area contributed by atoms with E-state index in [1.165, 1.54) is 10.9 Å². The molecule has 4 aromatic heterocycles. The van der Waals surface area contributed by atoms with Crippen molar-refractivity contribution in [2.45, 2.75) is 5.41 Å². The van der Waals surface area contributed by atoms with Crippen LogP contribution in [0.4, 0.5) is 0 Å². The lowest BCUT2D eigenvalue weighted by Gasteiger charge is -2.34. The number of para-hydroxylation sites is 2. The smallest absolute Gasteiger partial charge is 0.160 e. The molecule has 0 fully saturated rings. The summed E-state index contributed by atoms with van der Waals surface area (Å²) in [7, 11) is 0. The third-order valence-electron chi connectivity index (χ3n) is 12.4. The third-order valence-corrected chi connectivity index (χ3v) is 12.4. The minimum Gasteiger partial charge on any atom is -0.309 e. The van der Waals surface area contributed by atoms with Crippen LogP contribution in [0.25, 0.3) is 83.9 Å². The van der Waals surface area contributed by atoms with Gasteiger partial charge in [0, 0.05) is 62.2 Å². The van der Waals surface area contributed by atoms with Gasteiger partial charge in [0.1, 0.15) is 0 Å². The van der Waals surface area contributed by atoms with Crippen LogP contribution in [-0.2, 0) is 5.41 Å². The molecule has 0 radical (unpaired) electrons. The topological polar surface area (TPSA) is 56.5 Å². The molecule has 1 aliphatic rings. The maximum atomic E-state index is 5.78. The van der Waals surface area contributed by atoms with E-state index >= 15 is 0 Å². The Hall–Kier alpha value is -8.28. The van der Waals surface area contributed by atoms with Gasteiger partial charge >= 0.3 is 0 Å². The Morgan fingerprint density at radius 3 is 1.60 bits per heavy atom. The molecule has 0 saturated carbocycles. The van der Waals surface area contributed by atoms with Crippen molar-refractivity contribution in [3.8, 4) is 62.1 Å². The molecule has 62 heavy (non-hydrogen) atoms. The molecule has 0 bridgehead atoms. The van der Waals surface area contributed by atoms with Crippen LogP contribution in [0, 0.1) is 0 Å². The number of benzene rings is 7. The van der Waals surface area contributed by atoms with Crippen molar-refractivity contribution in [2.24, 2.45) is 0 Å². The second kappa shape index (κ2) is 14.5. The minimum absolute atomic E-state index is 0.632. The predicted molar refractivity (Wildman–Crippen MR) is 251 cm³/mol. The molecule has 1 aliphatic carbocycles. The van der Waals surface area contributed by atoms with Gasteiger partial charge in [0.25, 0.3) is 0 Å². The molecule has 0 saturated heterocycles. The Balaban J connectivity index is 1.21. The summed E-state index contributed by atoms with van der Waals surface area (Å²) in [5.74, 6) is 0.632. The van der Waals surface area contributed by atoms with Gasteiger partial charge in [0.05, 0.1) is 39.2 Å². The minimum atomic E-state index is -0.718. The molecule has 0 amide bonds. The molecular weight excluding hydrogens is 755 g/mol. The maximum absolute atomic E-state index is 5.78. The van der Waals surface area contributed by atoms with E-state index in [0.29, 0.717) is 5.82 Å². The summed E-state index contributed by atoms with van der Waals surface area (Å²) in [6.07, 6.45) is 3.67. The van der Waals surface area contributed by atoms with Crippen LogP contribution < -0.4 is 0 Å². The van der Waals surface area contributed by atoms with Crippen molar-refractivity contribution in [3.05, 3.63) is 247 Å². The van der Waals surface area contributed by atoms with Gasteiger partial charge in [-0.1, -0.05) is 140 Å². The summed E-state index contributed by atoms with van der Waals surface area (Å²) in [5.41, 5.74) is 15.7. The van der Waals surface area contributed by atoms with Crippen LogP contribution in [0.1, 0.15) is 22.3 Å². The van der Waals surface area contributed by atoms with E-state index < -0.39 is 5.41 Å². The highest BCUT2D eigenvalue weighted by atomic mass is 15.0. The van der Waals surface area contributed by atoms with E-state index in [1.807, 2.05) is 48.8 Å². The van der Waals surface area contributed by atoms with Gasteiger partial charge < -0.3 is 4.57 Å². The molecule has 12 rings (SSSR count). The number of nitrogens with zero attached hydrogens (tertiary/aromatic N) is 5. The average Bonchev–Trinajstić information content (AvgIpc) is 3.85. The molecule has 0 atom stereocenters. The Morgan fingerprint density at radius 2 is 0.935 bits per heavy atom. The van der Waals surface area contributed by atoms with E-state index in [1.54, 1.807) is 0 Å². The molecule has 5 heteroatoms. The number of rotatable bonds is 7. The summed E-state index contributed by atoms with van der Waals surface area (Å²) in [5, 5.41) is 2.34. The molecule has 4 heterocycles. The maximum Gasteiger partial charge on any atom is 0.160 e. The van der Waals surface area contributed by atoms with Crippen molar-refractivity contribution < 1.29 is 0 Å². The summed E-state index contributed by atoms with van der Waals surface area (Å²) in [4.78, 5) is 21.0. The van der Waals surface area contributed by atoms with Gasteiger partial charge in [-0.05, 0) is 89.5 Å². The van der Waals surface area contributed by atoms with Gasteiger partial charge in [-0.25, -0.2) is 9.97 Å². The fourth-order valence-electron chi connectivity index (χ4n) is 9.74. The molecular formula is C57H37N5. The largest absolute Gasteiger partial charge is 0.309 e. The van der Waals surface area contributed by atoms with Gasteiger partial charge in [-0.3, -0.25) is 9.97 Å². The standard InChI is InChI=1S/C57H37N5/c1-4-18-42(19-5-1)57(43-20-6-2-7-21-43)48-26-12-10-25-46(48)55-53(57)54(38-30-31-52-47(37-38)45-24-11-13-29-51(45)62(52)44-22-8-3-9-23-44)60-56(61-55)41-35-39(49-27-14-16-32-58-49)34-40(36-41)50-28-15-17-33-59-50/h1-37H. The molecule has 0 N–H and O–H groups in total. The second-order valence-corrected chi connectivity index (χ2v) is 15.8. The van der Waals surface area contributed by atoms with Gasteiger partial charge in [-0.2, -0.15) is 0 Å². The van der Waals surface area contributed by atoms with Crippen molar-refractivity contribution in [1.29, 1.82) is 0 Å². The van der Waals surface area contributed by atoms with Crippen molar-refractivity contribution in [3.63, 3.8) is 0 Å². The van der Waals surface area contributed by atoms with Crippen LogP contribution in [0.5, 0.6) is 0 Å². The zero-order chi connectivity index (χ0) is 41.0. The van der Waals surface area contributed by atoms with E-state index in [4.69, 9.17) is 19.9 Å². The summed E-state index contributed by atoms with van der Waals surface area (Å²) >= 11 is 0. The Kier molecular flexibility index (Phi) is 8.32. The van der Waals surface area contributed by atoms with Crippen molar-refractivity contribution >= 4 is 21.8 Å². The predicted octanol–water partition coefficient (Wildman–Crippen LogP) is 13.4. The first-order valence-corrected chi connectivity index (χ1v) is 21.0. The molecule has 7 aromatic carbocycles. The summed E-state index contributed by atoms with van der Waals surface area (Å²) < 4.78 is 2.36. The summed E-state index contributed by atoms with van der Waals surface area (Å²) in [6.45, 7) is 0. The van der Waals surface area contributed by atoms with Crippen LogP contribution in [-0.4, -0.2) is 24.5 Å². The molecule has 0 aliphatic heterocycles. The highest BCUT2D eigenvalue weighted by Gasteiger charge is 2.49. The Labute approximate surface area is 359 Å². The quantitative estimate of drug-likeness (QED) is 0.161. The average molecular weight is 792 g/mol. The first-order chi connectivity index (χ1) is 30.8. The molecule has 0 unspecified atom stereocenters. The zero-order valence-electron chi connectivity index (χ0n) is 33.6. The lowest BCUT2D eigenvalue weighted by molar-refractivity contribution is 0.763. The SMILES string of the molecule is c1ccc(-n2c3ccccc3c3cc(-c4nc(-c5cc(-c6ccccn6)cc(-c6ccccn6)c5)nc5c4C(c4ccccc4)(c4ccccc4)c4ccccc4-5)ccc32)cc1. The monoisotopic (exact) mass is 791 g/mol. The van der Waals surface area contributed by atoms with E-state index in [-0.39, 0.29) is 0 Å². The fraction of sp³-hybridized carbons (Fsp3) is 0.0175. The number of fused-ring (bicyclic) bond motifs is 6. The van der Waals surface area contributed by atoms with E-state index in [0.717, 1.165) is 89.4 Å². The van der Waals surface area contributed by atoms with Crippen LogP contribution >= 0.6 is 0 Å². The highest BCUT2D eigenvalue weighted by molar-refractivity contribution is 6.10. The molecule has 0 spiro atoms. The highest BCUT2D eigenvalue weighted by Crippen LogP contribution is 2.58. The Bertz CT molecular complexity index is 3340. The first kappa shape index (κ1) is 35.6. The van der Waals surface area contributed by atoms with Crippen LogP contribution in [0.15, 0.2) is 225 Å². The van der Waals surface area contributed by atoms with Gasteiger partial charge in [0.15, 0.2) is 5.82 Å². The van der Waals surface area contributed by atoms with Crippen LogP contribution in [0.2, 0.25) is 0 Å². The molecule has 5 nitrogen and oxygen atoms in total. The van der Waals surface area contributed by atoms with Crippen molar-refractivity contribution in [1.82, 2.24) is 24.5 Å². The third kappa shape index (κ3) is 5.56. The normalized spacial score (nSPS) is 12.6.